The number of rotatable bonds is 4. The lowest BCUT2D eigenvalue weighted by atomic mass is 9.98. The summed E-state index contributed by atoms with van der Waals surface area (Å²) in [6.45, 7) is 0. The molecule has 3 aromatic heterocycles. The normalized spacial score (nSPS) is 11.8. The van der Waals surface area contributed by atoms with Crippen molar-refractivity contribution in [3.05, 3.63) is 146 Å². The highest BCUT2D eigenvalue weighted by molar-refractivity contribution is 6.19. The van der Waals surface area contributed by atoms with Gasteiger partial charge in [-0.1, -0.05) is 109 Å². The smallest absolute Gasteiger partial charge is 0.164 e. The van der Waals surface area contributed by atoms with Crippen LogP contribution in [0.4, 0.5) is 0 Å². The minimum atomic E-state index is 0.585. The molecule has 0 aliphatic carbocycles. The van der Waals surface area contributed by atoms with E-state index in [2.05, 4.69) is 48.5 Å². The van der Waals surface area contributed by atoms with Crippen LogP contribution < -0.4 is 0 Å². The molecule has 0 fully saturated rings. The van der Waals surface area contributed by atoms with Gasteiger partial charge in [0.25, 0.3) is 0 Å². The second kappa shape index (κ2) is 10.4. The van der Waals surface area contributed by atoms with E-state index in [0.717, 1.165) is 76.9 Å². The van der Waals surface area contributed by atoms with Crippen LogP contribution in [0.15, 0.2) is 150 Å². The molecule has 3 heterocycles. The third-order valence-corrected chi connectivity index (χ3v) is 8.91. The van der Waals surface area contributed by atoms with E-state index in [9.17, 15) is 0 Å². The van der Waals surface area contributed by atoms with Crippen molar-refractivity contribution in [1.82, 2.24) is 29.9 Å². The van der Waals surface area contributed by atoms with Crippen LogP contribution in [0.3, 0.4) is 0 Å². The summed E-state index contributed by atoms with van der Waals surface area (Å²) in [6, 6.07) is 48.9. The molecule has 7 aromatic carbocycles. The first-order valence-electron chi connectivity index (χ1n) is 15.8. The van der Waals surface area contributed by atoms with E-state index < -0.39 is 0 Å². The summed E-state index contributed by atoms with van der Waals surface area (Å²) in [5, 5.41) is 16.1. The Hall–Kier alpha value is -6.73. The van der Waals surface area contributed by atoms with Crippen LogP contribution in [-0.2, 0) is 0 Å². The van der Waals surface area contributed by atoms with Gasteiger partial charge < -0.3 is 4.42 Å². The Kier molecular flexibility index (Phi) is 5.74. The molecule has 0 unspecified atom stereocenters. The first-order valence-corrected chi connectivity index (χ1v) is 15.8. The van der Waals surface area contributed by atoms with Crippen molar-refractivity contribution in [1.29, 1.82) is 0 Å². The fraction of sp³-hybridized carbons (Fsp3) is 0. The molecule has 0 N–H and O–H groups in total. The maximum absolute atomic E-state index is 6.21. The summed E-state index contributed by atoms with van der Waals surface area (Å²) in [4.78, 5) is 16.9. The Labute approximate surface area is 273 Å². The highest BCUT2D eigenvalue weighted by Crippen LogP contribution is 2.37. The molecule has 0 saturated carbocycles. The van der Waals surface area contributed by atoms with E-state index in [1.807, 2.05) is 97.1 Å². The van der Waals surface area contributed by atoms with Crippen LogP contribution in [0.25, 0.3) is 94.4 Å². The Morgan fingerprint density at radius 1 is 0.458 bits per heavy atom. The van der Waals surface area contributed by atoms with E-state index in [1.165, 1.54) is 0 Å². The summed E-state index contributed by atoms with van der Waals surface area (Å²) in [5.74, 6) is 1.77. The van der Waals surface area contributed by atoms with Crippen molar-refractivity contribution < 1.29 is 4.42 Å². The van der Waals surface area contributed by atoms with Crippen LogP contribution in [0.1, 0.15) is 0 Å². The van der Waals surface area contributed by atoms with Gasteiger partial charge in [0.1, 0.15) is 22.2 Å². The molecule has 0 aliphatic rings. The molecule has 10 rings (SSSR count). The van der Waals surface area contributed by atoms with Gasteiger partial charge in [-0.2, -0.15) is 4.80 Å². The highest BCUT2D eigenvalue weighted by atomic mass is 16.3. The lowest BCUT2D eigenvalue weighted by molar-refractivity contribution is 0.669. The molecule has 0 aliphatic heterocycles. The van der Waals surface area contributed by atoms with Gasteiger partial charge in [-0.3, -0.25) is 0 Å². The molecule has 48 heavy (non-hydrogen) atoms. The number of fused-ring (bicyclic) bond motifs is 8. The van der Waals surface area contributed by atoms with Crippen LogP contribution >= 0.6 is 0 Å². The monoisotopic (exact) mass is 616 g/mol. The Morgan fingerprint density at radius 2 is 1.15 bits per heavy atom. The van der Waals surface area contributed by atoms with Crippen molar-refractivity contribution >= 4 is 54.5 Å². The van der Waals surface area contributed by atoms with Gasteiger partial charge >= 0.3 is 0 Å². The van der Waals surface area contributed by atoms with Crippen molar-refractivity contribution in [3.8, 4) is 39.9 Å². The van der Waals surface area contributed by atoms with Crippen molar-refractivity contribution in [2.75, 3.05) is 0 Å². The first kappa shape index (κ1) is 26.5. The third-order valence-electron chi connectivity index (χ3n) is 8.91. The van der Waals surface area contributed by atoms with E-state index >= 15 is 0 Å². The standard InChI is InChI=1S/C41H24N6O/c1-3-10-27(11-4-1)39-42-40(44-41(43-39)31-15-9-17-35-37(31)30-14-7-8-16-34(30)48-35)28-21-19-25-18-20-26-22-23-33-38(36(26)32(25)24-28)46-47(45-33)29-12-5-2-6-13-29/h1-24H. The number of hydrogen-bond acceptors (Lipinski definition) is 6. The molecular weight excluding hydrogens is 592 g/mol. The number of aromatic nitrogens is 6. The SMILES string of the molecule is c1ccc(-c2nc(-c3ccc4ccc5ccc6nn(-c7ccccc7)nc6c5c4c3)nc(-c3cccc4oc5ccccc5c34)n2)cc1. The van der Waals surface area contributed by atoms with Crippen molar-refractivity contribution in [2.24, 2.45) is 0 Å². The summed E-state index contributed by atoms with van der Waals surface area (Å²) in [7, 11) is 0. The number of para-hydroxylation sites is 2. The van der Waals surface area contributed by atoms with E-state index in [1.54, 1.807) is 4.80 Å². The molecule has 7 nitrogen and oxygen atoms in total. The van der Waals surface area contributed by atoms with Gasteiger partial charge in [0.15, 0.2) is 17.5 Å². The maximum atomic E-state index is 6.21. The second-order valence-corrected chi connectivity index (χ2v) is 11.8. The lowest BCUT2D eigenvalue weighted by Gasteiger charge is -2.11. The van der Waals surface area contributed by atoms with Crippen LogP contribution in [0, 0.1) is 0 Å². The Bertz CT molecular complexity index is 2840. The van der Waals surface area contributed by atoms with Crippen LogP contribution in [0.2, 0.25) is 0 Å². The van der Waals surface area contributed by atoms with Gasteiger partial charge in [-0.05, 0) is 52.6 Å². The number of hydrogen-bond donors (Lipinski definition) is 0. The highest BCUT2D eigenvalue weighted by Gasteiger charge is 2.18. The Morgan fingerprint density at radius 3 is 2.02 bits per heavy atom. The van der Waals surface area contributed by atoms with Gasteiger partial charge in [-0.15, -0.1) is 10.2 Å². The maximum Gasteiger partial charge on any atom is 0.164 e. The fourth-order valence-corrected chi connectivity index (χ4v) is 6.64. The molecule has 0 amide bonds. The third kappa shape index (κ3) is 4.18. The van der Waals surface area contributed by atoms with E-state index in [4.69, 9.17) is 29.6 Å². The largest absolute Gasteiger partial charge is 0.456 e. The van der Waals surface area contributed by atoms with E-state index in [-0.39, 0.29) is 0 Å². The molecule has 7 heteroatoms. The van der Waals surface area contributed by atoms with Gasteiger partial charge in [0.2, 0.25) is 0 Å². The average Bonchev–Trinajstić information content (AvgIpc) is 3.77. The zero-order chi connectivity index (χ0) is 31.6. The van der Waals surface area contributed by atoms with Crippen LogP contribution in [0.5, 0.6) is 0 Å². The zero-order valence-electron chi connectivity index (χ0n) is 25.4. The van der Waals surface area contributed by atoms with E-state index in [0.29, 0.717) is 17.5 Å². The minimum absolute atomic E-state index is 0.585. The van der Waals surface area contributed by atoms with Gasteiger partial charge in [-0.25, -0.2) is 15.0 Å². The quantitative estimate of drug-likeness (QED) is 0.183. The summed E-state index contributed by atoms with van der Waals surface area (Å²) < 4.78 is 6.21. The molecule has 0 atom stereocenters. The summed E-state index contributed by atoms with van der Waals surface area (Å²) in [5.41, 5.74) is 6.90. The minimum Gasteiger partial charge on any atom is -0.456 e. The fourth-order valence-electron chi connectivity index (χ4n) is 6.64. The molecule has 10 aromatic rings. The van der Waals surface area contributed by atoms with Gasteiger partial charge in [0, 0.05) is 32.8 Å². The summed E-state index contributed by atoms with van der Waals surface area (Å²) in [6.07, 6.45) is 0. The zero-order valence-corrected chi connectivity index (χ0v) is 25.4. The number of benzene rings is 7. The molecule has 0 radical (unpaired) electrons. The molecule has 224 valence electrons. The van der Waals surface area contributed by atoms with Gasteiger partial charge in [0.05, 0.1) is 5.69 Å². The Balaban J connectivity index is 1.22. The predicted octanol–water partition coefficient (Wildman–Crippen LogP) is 9.81. The number of furan rings is 1. The molecular formula is C41H24N6O. The van der Waals surface area contributed by atoms with Crippen molar-refractivity contribution in [3.63, 3.8) is 0 Å². The first-order chi connectivity index (χ1) is 23.8. The molecule has 0 bridgehead atoms. The second-order valence-electron chi connectivity index (χ2n) is 11.8. The topological polar surface area (TPSA) is 82.5 Å². The predicted molar refractivity (Wildman–Crippen MR) is 191 cm³/mol. The van der Waals surface area contributed by atoms with Crippen LogP contribution in [-0.4, -0.2) is 29.9 Å². The molecule has 0 spiro atoms. The summed E-state index contributed by atoms with van der Waals surface area (Å²) >= 11 is 0. The lowest BCUT2D eigenvalue weighted by Crippen LogP contribution is -2.00. The average molecular weight is 617 g/mol. The van der Waals surface area contributed by atoms with Crippen molar-refractivity contribution in [2.45, 2.75) is 0 Å². The number of nitrogens with zero attached hydrogens (tertiary/aromatic N) is 6. The molecule has 0 saturated heterocycles.